The number of nitrogens with one attached hydrogen (secondary N) is 1. The number of amides is 2. The quantitative estimate of drug-likeness (QED) is 0.851. The fourth-order valence-electron chi connectivity index (χ4n) is 1.81. The molecule has 0 aliphatic rings. The average molecular weight is 248 g/mol. The van der Waals surface area contributed by atoms with Crippen molar-refractivity contribution in [3.8, 4) is 0 Å². The molecule has 1 atom stereocenters. The molecule has 0 unspecified atom stereocenters. The van der Waals surface area contributed by atoms with Crippen LogP contribution in [0.5, 0.6) is 0 Å². The first-order valence-corrected chi connectivity index (χ1v) is 6.01. The predicted molar refractivity (Wildman–Crippen MR) is 71.1 cm³/mol. The van der Waals surface area contributed by atoms with Crippen LogP contribution >= 0.6 is 0 Å². The normalized spacial score (nSPS) is 11.7. The smallest absolute Gasteiger partial charge is 0.219 e. The van der Waals surface area contributed by atoms with Crippen LogP contribution in [0.2, 0.25) is 0 Å². The Labute approximate surface area is 108 Å². The lowest BCUT2D eigenvalue weighted by Gasteiger charge is -2.24. The molecule has 0 bridgehead atoms. The average Bonchev–Trinajstić information content (AvgIpc) is 2.29. The van der Waals surface area contributed by atoms with Crippen molar-refractivity contribution < 1.29 is 9.59 Å². The monoisotopic (exact) mass is 248 g/mol. The van der Waals surface area contributed by atoms with E-state index in [1.54, 1.807) is 11.9 Å². The molecule has 1 N–H and O–H groups in total. The van der Waals surface area contributed by atoms with E-state index in [2.05, 4.69) is 5.32 Å². The molecular formula is C14H20N2O2. The maximum atomic E-state index is 11.2. The highest BCUT2D eigenvalue weighted by Gasteiger charge is 2.14. The molecule has 1 aromatic carbocycles. The summed E-state index contributed by atoms with van der Waals surface area (Å²) in [6.07, 6.45) is 0.720. The molecule has 2 amide bonds. The van der Waals surface area contributed by atoms with Crippen LogP contribution in [0, 0.1) is 0 Å². The van der Waals surface area contributed by atoms with E-state index < -0.39 is 0 Å². The molecule has 0 heterocycles. The van der Waals surface area contributed by atoms with Gasteiger partial charge in [0.05, 0.1) is 6.04 Å². The van der Waals surface area contributed by atoms with Crippen LogP contribution in [-0.4, -0.2) is 36.3 Å². The fourth-order valence-corrected chi connectivity index (χ4v) is 1.81. The first-order chi connectivity index (χ1) is 8.49. The summed E-state index contributed by atoms with van der Waals surface area (Å²) in [6.45, 7) is 3.53. The van der Waals surface area contributed by atoms with Crippen molar-refractivity contribution in [2.24, 2.45) is 0 Å². The van der Waals surface area contributed by atoms with Crippen molar-refractivity contribution in [2.75, 3.05) is 13.6 Å². The molecule has 0 saturated carbocycles. The van der Waals surface area contributed by atoms with Crippen LogP contribution < -0.4 is 5.32 Å². The van der Waals surface area contributed by atoms with Crippen LogP contribution in [0.15, 0.2) is 30.3 Å². The van der Waals surface area contributed by atoms with E-state index in [1.165, 1.54) is 13.8 Å². The van der Waals surface area contributed by atoms with Gasteiger partial charge in [0, 0.05) is 27.4 Å². The minimum atomic E-state index is -0.0760. The number of carbonyl (C=O) groups is 2. The van der Waals surface area contributed by atoms with Gasteiger partial charge < -0.3 is 10.2 Å². The fraction of sp³-hybridized carbons (Fsp3) is 0.429. The highest BCUT2D eigenvalue weighted by atomic mass is 16.2. The summed E-state index contributed by atoms with van der Waals surface area (Å²) in [6, 6.07) is 9.87. The second-order valence-corrected chi connectivity index (χ2v) is 4.49. The number of benzene rings is 1. The van der Waals surface area contributed by atoms with Crippen molar-refractivity contribution >= 4 is 11.8 Å². The molecule has 0 aliphatic carbocycles. The summed E-state index contributed by atoms with van der Waals surface area (Å²) < 4.78 is 0. The Balaban J connectivity index is 2.66. The maximum Gasteiger partial charge on any atom is 0.219 e. The van der Waals surface area contributed by atoms with Crippen molar-refractivity contribution in [3.63, 3.8) is 0 Å². The van der Waals surface area contributed by atoms with Crippen molar-refractivity contribution in [3.05, 3.63) is 35.9 Å². The highest BCUT2D eigenvalue weighted by molar-refractivity contribution is 5.74. The topological polar surface area (TPSA) is 49.4 Å². The minimum absolute atomic E-state index is 0.00147. The maximum absolute atomic E-state index is 11.2. The third-order valence-electron chi connectivity index (χ3n) is 2.76. The lowest BCUT2D eigenvalue weighted by Crippen LogP contribution is -2.44. The van der Waals surface area contributed by atoms with E-state index in [0.29, 0.717) is 6.54 Å². The molecule has 0 radical (unpaired) electrons. The molecule has 0 saturated heterocycles. The zero-order chi connectivity index (χ0) is 13.5. The van der Waals surface area contributed by atoms with Crippen molar-refractivity contribution in [2.45, 2.75) is 26.3 Å². The van der Waals surface area contributed by atoms with Gasteiger partial charge in [0.15, 0.2) is 0 Å². The summed E-state index contributed by atoms with van der Waals surface area (Å²) in [5.74, 6) is -0.0775. The molecule has 4 nitrogen and oxygen atoms in total. The number of hydrogen-bond donors (Lipinski definition) is 1. The van der Waals surface area contributed by atoms with Gasteiger partial charge in [-0.15, -0.1) is 0 Å². The van der Waals surface area contributed by atoms with Crippen molar-refractivity contribution in [1.82, 2.24) is 10.2 Å². The second kappa shape index (κ2) is 6.79. The van der Waals surface area contributed by atoms with Gasteiger partial charge in [0.25, 0.3) is 0 Å². The van der Waals surface area contributed by atoms with E-state index in [1.807, 2.05) is 30.3 Å². The second-order valence-electron chi connectivity index (χ2n) is 4.49. The van der Waals surface area contributed by atoms with Gasteiger partial charge >= 0.3 is 0 Å². The number of hydrogen-bond acceptors (Lipinski definition) is 2. The van der Waals surface area contributed by atoms with Crippen molar-refractivity contribution in [1.29, 1.82) is 0 Å². The zero-order valence-electron chi connectivity index (χ0n) is 11.1. The largest absolute Gasteiger partial charge is 0.351 e. The number of carbonyl (C=O) groups excluding carboxylic acids is 2. The van der Waals surface area contributed by atoms with E-state index in [9.17, 15) is 9.59 Å². The highest BCUT2D eigenvalue weighted by Crippen LogP contribution is 2.04. The van der Waals surface area contributed by atoms with Crippen LogP contribution in [0.25, 0.3) is 0 Å². The Morgan fingerprint density at radius 2 is 1.83 bits per heavy atom. The Morgan fingerprint density at radius 1 is 1.22 bits per heavy atom. The third-order valence-corrected chi connectivity index (χ3v) is 2.76. The molecule has 0 aliphatic heterocycles. The molecule has 0 spiro atoms. The SMILES string of the molecule is CC(=O)N[C@H](Cc1ccccc1)CN(C)C(C)=O. The first-order valence-electron chi connectivity index (χ1n) is 6.01. The van der Waals surface area contributed by atoms with Gasteiger partial charge in [-0.1, -0.05) is 30.3 Å². The number of nitrogens with zero attached hydrogens (tertiary/aromatic N) is 1. The molecular weight excluding hydrogens is 228 g/mol. The Kier molecular flexibility index (Phi) is 5.36. The van der Waals surface area contributed by atoms with Gasteiger partial charge in [-0.05, 0) is 12.0 Å². The molecule has 98 valence electrons. The lowest BCUT2D eigenvalue weighted by atomic mass is 10.1. The molecule has 0 aromatic heterocycles. The molecule has 18 heavy (non-hydrogen) atoms. The Hall–Kier alpha value is -1.84. The molecule has 4 heteroatoms. The van der Waals surface area contributed by atoms with E-state index in [0.717, 1.165) is 12.0 Å². The summed E-state index contributed by atoms with van der Waals surface area (Å²) >= 11 is 0. The van der Waals surface area contributed by atoms with E-state index >= 15 is 0 Å². The standard InChI is InChI=1S/C14H20N2O2/c1-11(17)15-14(10-16(3)12(2)18)9-13-7-5-4-6-8-13/h4-8,14H,9-10H2,1-3H3,(H,15,17)/t14-/m1/s1. The van der Waals surface area contributed by atoms with E-state index in [-0.39, 0.29) is 17.9 Å². The number of likely N-dealkylation sites (N-methyl/N-ethyl adjacent to an activating group) is 1. The van der Waals surface area contributed by atoms with E-state index in [4.69, 9.17) is 0 Å². The summed E-state index contributed by atoms with van der Waals surface area (Å²) in [7, 11) is 1.74. The summed E-state index contributed by atoms with van der Waals surface area (Å²) in [5, 5.41) is 2.88. The lowest BCUT2D eigenvalue weighted by molar-refractivity contribution is -0.128. The summed E-state index contributed by atoms with van der Waals surface area (Å²) in [4.78, 5) is 24.0. The van der Waals surface area contributed by atoms with Gasteiger partial charge in [-0.25, -0.2) is 0 Å². The Morgan fingerprint density at radius 3 is 2.33 bits per heavy atom. The molecule has 1 aromatic rings. The molecule has 1 rings (SSSR count). The third kappa shape index (κ3) is 4.99. The minimum Gasteiger partial charge on any atom is -0.351 e. The van der Waals surface area contributed by atoms with Crippen LogP contribution in [-0.2, 0) is 16.0 Å². The van der Waals surface area contributed by atoms with Crippen LogP contribution in [0.1, 0.15) is 19.4 Å². The van der Waals surface area contributed by atoms with Gasteiger partial charge in [-0.3, -0.25) is 9.59 Å². The zero-order valence-corrected chi connectivity index (χ0v) is 11.1. The van der Waals surface area contributed by atoms with Gasteiger partial charge in [0.2, 0.25) is 11.8 Å². The first kappa shape index (κ1) is 14.2. The van der Waals surface area contributed by atoms with Crippen LogP contribution in [0.4, 0.5) is 0 Å². The predicted octanol–water partition coefficient (Wildman–Crippen LogP) is 1.21. The van der Waals surface area contributed by atoms with Gasteiger partial charge in [0.1, 0.15) is 0 Å². The van der Waals surface area contributed by atoms with Gasteiger partial charge in [-0.2, -0.15) is 0 Å². The molecule has 0 fully saturated rings. The number of rotatable bonds is 5. The van der Waals surface area contributed by atoms with Crippen LogP contribution in [0.3, 0.4) is 0 Å². The summed E-state index contributed by atoms with van der Waals surface area (Å²) in [5.41, 5.74) is 1.15. The Bertz CT molecular complexity index is 404.